The molecule has 0 radical (unpaired) electrons. The Bertz CT molecular complexity index is 1080. The minimum atomic E-state index is -0.173. The highest BCUT2D eigenvalue weighted by Gasteiger charge is 2.30. The lowest BCUT2D eigenvalue weighted by Gasteiger charge is -2.35. The summed E-state index contributed by atoms with van der Waals surface area (Å²) < 4.78 is 5.38. The van der Waals surface area contributed by atoms with Crippen molar-refractivity contribution >= 4 is 34.5 Å². The summed E-state index contributed by atoms with van der Waals surface area (Å²) in [5.74, 6) is 0.242. The number of benzene rings is 2. The molecule has 0 spiro atoms. The fourth-order valence-electron chi connectivity index (χ4n) is 4.03. The summed E-state index contributed by atoms with van der Waals surface area (Å²) in [5, 5.41) is 7.82. The molecule has 3 aromatic rings. The van der Waals surface area contributed by atoms with Crippen LogP contribution in [0, 0.1) is 0 Å². The number of nitrogens with zero attached hydrogens (tertiary/aromatic N) is 1. The molecule has 0 fully saturated rings. The summed E-state index contributed by atoms with van der Waals surface area (Å²) in [5.41, 5.74) is 3.59. The maximum atomic E-state index is 13.0. The third-order valence-electron chi connectivity index (χ3n) is 5.32. The van der Waals surface area contributed by atoms with Crippen molar-refractivity contribution < 1.29 is 14.3 Å². The Morgan fingerprint density at radius 2 is 1.94 bits per heavy atom. The predicted octanol–water partition coefficient (Wildman–Crippen LogP) is 4.30. The summed E-state index contributed by atoms with van der Waals surface area (Å²) in [6.07, 6.45) is 0.935. The van der Waals surface area contributed by atoms with Crippen molar-refractivity contribution in [3.8, 4) is 5.75 Å². The van der Waals surface area contributed by atoms with Crippen LogP contribution in [-0.4, -0.2) is 36.9 Å². The highest BCUT2D eigenvalue weighted by molar-refractivity contribution is 7.10. The highest BCUT2D eigenvalue weighted by Crippen LogP contribution is 2.37. The van der Waals surface area contributed by atoms with Crippen LogP contribution in [-0.2, 0) is 16.0 Å². The molecular weight excluding hydrogens is 410 g/mol. The van der Waals surface area contributed by atoms with Gasteiger partial charge in [0.2, 0.25) is 11.8 Å². The first kappa shape index (κ1) is 21.1. The molecule has 7 heteroatoms. The van der Waals surface area contributed by atoms with Crippen LogP contribution >= 0.6 is 11.3 Å². The largest absolute Gasteiger partial charge is 0.495 e. The van der Waals surface area contributed by atoms with Crippen molar-refractivity contribution in [2.24, 2.45) is 0 Å². The molecule has 2 amide bonds. The molecule has 0 bridgehead atoms. The molecule has 2 N–H and O–H groups in total. The molecule has 31 heavy (non-hydrogen) atoms. The Morgan fingerprint density at radius 1 is 1.13 bits per heavy atom. The zero-order valence-electron chi connectivity index (χ0n) is 17.6. The second-order valence-electron chi connectivity index (χ2n) is 7.48. The molecule has 0 saturated carbocycles. The lowest BCUT2D eigenvalue weighted by Crippen LogP contribution is -2.40. The van der Waals surface area contributed by atoms with Crippen LogP contribution in [0.1, 0.15) is 29.0 Å². The molecule has 1 atom stereocenters. The number of rotatable bonds is 6. The van der Waals surface area contributed by atoms with E-state index in [0.717, 1.165) is 13.0 Å². The van der Waals surface area contributed by atoms with Gasteiger partial charge in [-0.2, -0.15) is 0 Å². The third kappa shape index (κ3) is 4.78. The lowest BCUT2D eigenvalue weighted by atomic mass is 9.93. The zero-order chi connectivity index (χ0) is 21.8. The van der Waals surface area contributed by atoms with E-state index in [2.05, 4.69) is 39.1 Å². The van der Waals surface area contributed by atoms with Crippen LogP contribution in [0.3, 0.4) is 0 Å². The van der Waals surface area contributed by atoms with E-state index >= 15 is 0 Å². The number of carbonyl (C=O) groups excluding carboxylic acids is 2. The van der Waals surface area contributed by atoms with Crippen LogP contribution in [0.15, 0.2) is 60.0 Å². The first-order valence-corrected chi connectivity index (χ1v) is 11.0. The molecule has 1 aliphatic heterocycles. The van der Waals surface area contributed by atoms with E-state index in [0.29, 0.717) is 17.1 Å². The van der Waals surface area contributed by atoms with Crippen molar-refractivity contribution in [2.75, 3.05) is 30.8 Å². The Labute approximate surface area is 185 Å². The van der Waals surface area contributed by atoms with Crippen molar-refractivity contribution in [1.29, 1.82) is 0 Å². The quantitative estimate of drug-likeness (QED) is 0.606. The summed E-state index contributed by atoms with van der Waals surface area (Å²) in [6, 6.07) is 17.7. The number of anilines is 2. The molecule has 4 rings (SSSR count). The molecule has 0 aliphatic carbocycles. The number of methoxy groups -OCH3 is 1. The van der Waals surface area contributed by atoms with Gasteiger partial charge in [0.25, 0.3) is 0 Å². The standard InChI is InChI=1S/C24H25N3O3S/c1-16(28)25-18-8-9-21(30-2)20(14-18)26-23(29)15-27-12-10-22-19(11-13-31-22)24(27)17-6-4-3-5-7-17/h3-9,11,13-14,24H,10,12,15H2,1-2H3,(H,25,28)(H,26,29)/t24-/m0/s1. The average molecular weight is 436 g/mol. The van der Waals surface area contributed by atoms with E-state index in [1.54, 1.807) is 36.6 Å². The molecule has 2 heterocycles. The van der Waals surface area contributed by atoms with Gasteiger partial charge in [-0.25, -0.2) is 0 Å². The number of ether oxygens (including phenoxy) is 1. The third-order valence-corrected chi connectivity index (χ3v) is 6.32. The Kier molecular flexibility index (Phi) is 6.34. The Hall–Kier alpha value is -3.16. The normalized spacial score (nSPS) is 15.7. The van der Waals surface area contributed by atoms with E-state index in [9.17, 15) is 9.59 Å². The monoisotopic (exact) mass is 435 g/mol. The SMILES string of the molecule is COc1ccc(NC(C)=O)cc1NC(=O)CN1CCc2sccc2[C@@H]1c1ccccc1. The molecular formula is C24H25N3O3S. The number of hydrogen-bond donors (Lipinski definition) is 2. The molecule has 1 aliphatic rings. The van der Waals surface area contributed by atoms with Gasteiger partial charge in [-0.15, -0.1) is 11.3 Å². The Morgan fingerprint density at radius 3 is 2.68 bits per heavy atom. The van der Waals surface area contributed by atoms with Gasteiger partial charge in [-0.3, -0.25) is 14.5 Å². The van der Waals surface area contributed by atoms with E-state index in [4.69, 9.17) is 4.74 Å². The van der Waals surface area contributed by atoms with Gasteiger partial charge in [0.15, 0.2) is 0 Å². The van der Waals surface area contributed by atoms with Crippen molar-refractivity contribution in [3.05, 3.63) is 76.0 Å². The molecule has 0 saturated heterocycles. The van der Waals surface area contributed by atoms with Crippen LogP contribution < -0.4 is 15.4 Å². The molecule has 160 valence electrons. The van der Waals surface area contributed by atoms with Crippen molar-refractivity contribution in [2.45, 2.75) is 19.4 Å². The topological polar surface area (TPSA) is 70.7 Å². The van der Waals surface area contributed by atoms with Crippen LogP contribution in [0.5, 0.6) is 5.75 Å². The minimum absolute atomic E-state index is 0.0505. The van der Waals surface area contributed by atoms with Gasteiger partial charge in [0, 0.05) is 24.0 Å². The molecule has 2 aromatic carbocycles. The first-order valence-electron chi connectivity index (χ1n) is 10.2. The van der Waals surface area contributed by atoms with Gasteiger partial charge in [0.1, 0.15) is 5.75 Å². The summed E-state index contributed by atoms with van der Waals surface area (Å²) in [7, 11) is 1.55. The van der Waals surface area contributed by atoms with E-state index in [1.807, 2.05) is 18.2 Å². The number of carbonyl (C=O) groups is 2. The number of nitrogens with one attached hydrogen (secondary N) is 2. The zero-order valence-corrected chi connectivity index (χ0v) is 18.4. The Balaban J connectivity index is 1.55. The van der Waals surface area contributed by atoms with Gasteiger partial charge in [-0.1, -0.05) is 30.3 Å². The number of amides is 2. The van der Waals surface area contributed by atoms with E-state index in [1.165, 1.54) is 22.9 Å². The van der Waals surface area contributed by atoms with Gasteiger partial charge >= 0.3 is 0 Å². The summed E-state index contributed by atoms with van der Waals surface area (Å²) in [6.45, 7) is 2.51. The highest BCUT2D eigenvalue weighted by atomic mass is 32.1. The van der Waals surface area contributed by atoms with Crippen molar-refractivity contribution in [1.82, 2.24) is 4.90 Å². The van der Waals surface area contributed by atoms with Crippen molar-refractivity contribution in [3.63, 3.8) is 0 Å². The maximum Gasteiger partial charge on any atom is 0.238 e. The van der Waals surface area contributed by atoms with Gasteiger partial charge in [0.05, 0.1) is 25.4 Å². The summed E-state index contributed by atoms with van der Waals surface area (Å²) in [4.78, 5) is 28.0. The van der Waals surface area contributed by atoms with Gasteiger partial charge < -0.3 is 15.4 Å². The number of fused-ring (bicyclic) bond motifs is 1. The molecule has 0 unspecified atom stereocenters. The maximum absolute atomic E-state index is 13.0. The predicted molar refractivity (Wildman–Crippen MR) is 124 cm³/mol. The number of hydrogen-bond acceptors (Lipinski definition) is 5. The average Bonchev–Trinajstić information content (AvgIpc) is 3.23. The van der Waals surface area contributed by atoms with Crippen LogP contribution in [0.2, 0.25) is 0 Å². The lowest BCUT2D eigenvalue weighted by molar-refractivity contribution is -0.118. The first-order chi connectivity index (χ1) is 15.0. The number of thiophene rings is 1. The molecule has 1 aromatic heterocycles. The van der Waals surface area contributed by atoms with E-state index in [-0.39, 0.29) is 24.4 Å². The van der Waals surface area contributed by atoms with Crippen LogP contribution in [0.25, 0.3) is 0 Å². The summed E-state index contributed by atoms with van der Waals surface area (Å²) >= 11 is 1.78. The fourth-order valence-corrected chi connectivity index (χ4v) is 4.93. The second-order valence-corrected chi connectivity index (χ2v) is 8.48. The van der Waals surface area contributed by atoms with Gasteiger partial charge in [-0.05, 0) is 47.2 Å². The second kappa shape index (κ2) is 9.32. The molecule has 6 nitrogen and oxygen atoms in total. The van der Waals surface area contributed by atoms with E-state index < -0.39 is 0 Å². The fraction of sp³-hybridized carbons (Fsp3) is 0.250. The minimum Gasteiger partial charge on any atom is -0.495 e. The van der Waals surface area contributed by atoms with Crippen LogP contribution in [0.4, 0.5) is 11.4 Å². The smallest absolute Gasteiger partial charge is 0.238 e.